The van der Waals surface area contributed by atoms with E-state index < -0.39 is 0 Å². The van der Waals surface area contributed by atoms with E-state index in [1.807, 2.05) is 0 Å². The summed E-state index contributed by atoms with van der Waals surface area (Å²) in [6.45, 7) is 2.36. The smallest absolute Gasteiger partial charge is 0.232 e. The highest BCUT2D eigenvalue weighted by Gasteiger charge is 2.35. The van der Waals surface area contributed by atoms with Crippen LogP contribution in [0.25, 0.3) is 0 Å². The molecule has 2 rings (SSSR count). The van der Waals surface area contributed by atoms with E-state index in [1.165, 1.54) is 4.90 Å². The Hall–Kier alpha value is -1.55. The minimum absolute atomic E-state index is 0.111. The molecule has 0 bridgehead atoms. The molecule has 1 aromatic carbocycles. The molecule has 1 fully saturated rings. The second kappa shape index (κ2) is 5.40. The van der Waals surface area contributed by atoms with Crippen LogP contribution in [-0.4, -0.2) is 29.9 Å². The fourth-order valence-corrected chi connectivity index (χ4v) is 1.99. The summed E-state index contributed by atoms with van der Waals surface area (Å²) in [6, 6.07) is 6.95. The van der Waals surface area contributed by atoms with Gasteiger partial charge in [-0.1, -0.05) is 18.5 Å². The number of hydrogen-bond acceptors (Lipinski definition) is 3. The third-order valence-electron chi connectivity index (χ3n) is 2.87. The molecule has 96 valence electrons. The zero-order chi connectivity index (χ0) is 13.1. The second-order valence-electron chi connectivity index (χ2n) is 4.29. The molecule has 18 heavy (non-hydrogen) atoms. The number of halogens is 1. The number of ether oxygens (including phenoxy) is 1. The average molecular weight is 268 g/mol. The number of hydrogen-bond donors (Lipinski definition) is 0. The monoisotopic (exact) mass is 267 g/mol. The molecular formula is C13H14ClNO3. The van der Waals surface area contributed by atoms with E-state index in [4.69, 9.17) is 16.3 Å². The topological polar surface area (TPSA) is 46.6 Å². The molecule has 0 aromatic heterocycles. The highest BCUT2D eigenvalue weighted by atomic mass is 35.5. The van der Waals surface area contributed by atoms with Crippen LogP contribution in [0.5, 0.6) is 5.75 Å². The molecular weight excluding hydrogens is 254 g/mol. The molecule has 1 heterocycles. The second-order valence-corrected chi connectivity index (χ2v) is 4.73. The largest absolute Gasteiger partial charge is 0.492 e. The van der Waals surface area contributed by atoms with Crippen molar-refractivity contribution in [1.82, 2.24) is 4.90 Å². The Morgan fingerprint density at radius 1 is 1.33 bits per heavy atom. The predicted octanol–water partition coefficient (Wildman–Crippen LogP) is 2.11. The molecule has 0 unspecified atom stereocenters. The maximum atomic E-state index is 11.6. The lowest BCUT2D eigenvalue weighted by Gasteiger charge is -2.14. The Bertz CT molecular complexity index is 458. The van der Waals surface area contributed by atoms with Crippen LogP contribution in [0.4, 0.5) is 0 Å². The van der Waals surface area contributed by atoms with Crippen molar-refractivity contribution < 1.29 is 14.3 Å². The maximum Gasteiger partial charge on any atom is 0.232 e. The molecule has 0 N–H and O–H groups in total. The number of carbonyl (C=O) groups is 2. The van der Waals surface area contributed by atoms with Gasteiger partial charge in [-0.25, -0.2) is 0 Å². The van der Waals surface area contributed by atoms with Crippen molar-refractivity contribution in [1.29, 1.82) is 0 Å². The summed E-state index contributed by atoms with van der Waals surface area (Å²) in [4.78, 5) is 24.4. The van der Waals surface area contributed by atoms with Crippen LogP contribution in [0.15, 0.2) is 24.3 Å². The van der Waals surface area contributed by atoms with Crippen LogP contribution in [0, 0.1) is 5.92 Å². The lowest BCUT2D eigenvalue weighted by Crippen LogP contribution is -2.34. The maximum absolute atomic E-state index is 11.6. The third-order valence-corrected chi connectivity index (χ3v) is 3.12. The average Bonchev–Trinajstić information content (AvgIpc) is 2.58. The van der Waals surface area contributed by atoms with Gasteiger partial charge in [-0.3, -0.25) is 14.5 Å². The molecule has 1 aromatic rings. The fourth-order valence-electron chi connectivity index (χ4n) is 1.87. The number of imide groups is 1. The Labute approximate surface area is 110 Å². The summed E-state index contributed by atoms with van der Waals surface area (Å²) in [5.74, 6) is 0.242. The summed E-state index contributed by atoms with van der Waals surface area (Å²) in [5.41, 5.74) is 0. The van der Waals surface area contributed by atoms with Gasteiger partial charge < -0.3 is 4.74 Å². The Morgan fingerprint density at radius 3 is 2.56 bits per heavy atom. The van der Waals surface area contributed by atoms with E-state index in [2.05, 4.69) is 0 Å². The first kappa shape index (κ1) is 12.9. The summed E-state index contributed by atoms with van der Waals surface area (Å²) in [5, 5.41) is 0.640. The van der Waals surface area contributed by atoms with Crippen molar-refractivity contribution in [3.63, 3.8) is 0 Å². The Balaban J connectivity index is 1.84. The molecule has 1 aliphatic rings. The van der Waals surface area contributed by atoms with Gasteiger partial charge in [-0.05, 0) is 24.3 Å². The molecule has 0 saturated carbocycles. The number of likely N-dealkylation sites (tertiary alicyclic amines) is 1. The molecule has 2 amide bonds. The number of carbonyl (C=O) groups excluding carboxylic acids is 2. The Kier molecular flexibility index (Phi) is 3.87. The van der Waals surface area contributed by atoms with Gasteiger partial charge in [0.15, 0.2) is 0 Å². The fraction of sp³-hybridized carbons (Fsp3) is 0.385. The zero-order valence-electron chi connectivity index (χ0n) is 10.1. The number of nitrogens with zero attached hydrogens (tertiary/aromatic N) is 1. The van der Waals surface area contributed by atoms with Crippen LogP contribution in [0.1, 0.15) is 13.3 Å². The third kappa shape index (κ3) is 2.82. The van der Waals surface area contributed by atoms with Gasteiger partial charge >= 0.3 is 0 Å². The van der Waals surface area contributed by atoms with Crippen LogP contribution in [0.2, 0.25) is 5.02 Å². The van der Waals surface area contributed by atoms with E-state index in [0.717, 1.165) is 0 Å². The normalized spacial score (nSPS) is 19.4. The van der Waals surface area contributed by atoms with Crippen LogP contribution in [0.3, 0.4) is 0 Å². The van der Waals surface area contributed by atoms with Crippen LogP contribution in [-0.2, 0) is 9.59 Å². The quantitative estimate of drug-likeness (QED) is 0.785. The molecule has 0 radical (unpaired) electrons. The first-order valence-corrected chi connectivity index (χ1v) is 6.18. The van der Waals surface area contributed by atoms with Crippen molar-refractivity contribution >= 4 is 23.4 Å². The van der Waals surface area contributed by atoms with Gasteiger partial charge in [0.25, 0.3) is 0 Å². The van der Waals surface area contributed by atoms with Gasteiger partial charge in [-0.15, -0.1) is 0 Å². The lowest BCUT2D eigenvalue weighted by molar-refractivity contribution is -0.139. The Morgan fingerprint density at radius 2 is 2.00 bits per heavy atom. The standard InChI is InChI=1S/C13H14ClNO3/c1-9-8-12(16)15(13(9)17)6-7-18-11-4-2-10(14)3-5-11/h2-5,9H,6-8H2,1H3/t9-/m0/s1. The zero-order valence-corrected chi connectivity index (χ0v) is 10.8. The number of rotatable bonds is 4. The van der Waals surface area contributed by atoms with E-state index in [0.29, 0.717) is 30.3 Å². The van der Waals surface area contributed by atoms with E-state index in [9.17, 15) is 9.59 Å². The summed E-state index contributed by atoms with van der Waals surface area (Å²) in [6.07, 6.45) is 0.305. The van der Waals surface area contributed by atoms with Gasteiger partial charge in [0.1, 0.15) is 12.4 Å². The van der Waals surface area contributed by atoms with Crippen molar-refractivity contribution in [2.24, 2.45) is 5.92 Å². The highest BCUT2D eigenvalue weighted by molar-refractivity contribution is 6.30. The van der Waals surface area contributed by atoms with E-state index >= 15 is 0 Å². The summed E-state index contributed by atoms with van der Waals surface area (Å²) >= 11 is 5.75. The first-order chi connectivity index (χ1) is 8.58. The van der Waals surface area contributed by atoms with E-state index in [-0.39, 0.29) is 17.7 Å². The molecule has 0 aliphatic carbocycles. The summed E-state index contributed by atoms with van der Waals surface area (Å²) in [7, 11) is 0. The van der Waals surface area contributed by atoms with Crippen LogP contribution >= 0.6 is 11.6 Å². The minimum atomic E-state index is -0.201. The van der Waals surface area contributed by atoms with Gasteiger partial charge in [-0.2, -0.15) is 0 Å². The van der Waals surface area contributed by atoms with E-state index in [1.54, 1.807) is 31.2 Å². The molecule has 1 saturated heterocycles. The van der Waals surface area contributed by atoms with Gasteiger partial charge in [0.2, 0.25) is 11.8 Å². The number of benzene rings is 1. The highest BCUT2D eigenvalue weighted by Crippen LogP contribution is 2.19. The van der Waals surface area contributed by atoms with Crippen molar-refractivity contribution in [2.75, 3.05) is 13.2 Å². The summed E-state index contributed by atoms with van der Waals surface area (Å²) < 4.78 is 5.45. The van der Waals surface area contributed by atoms with Crippen molar-refractivity contribution in [2.45, 2.75) is 13.3 Å². The molecule has 1 atom stereocenters. The SMILES string of the molecule is C[C@H]1CC(=O)N(CCOc2ccc(Cl)cc2)C1=O. The lowest BCUT2D eigenvalue weighted by atomic mass is 10.1. The van der Waals surface area contributed by atoms with Gasteiger partial charge in [0, 0.05) is 17.4 Å². The molecule has 1 aliphatic heterocycles. The molecule has 5 heteroatoms. The number of amides is 2. The predicted molar refractivity (Wildman–Crippen MR) is 67.4 cm³/mol. The molecule has 4 nitrogen and oxygen atoms in total. The van der Waals surface area contributed by atoms with Crippen molar-refractivity contribution in [3.05, 3.63) is 29.3 Å². The molecule has 0 spiro atoms. The van der Waals surface area contributed by atoms with Gasteiger partial charge in [0.05, 0.1) is 6.54 Å². The minimum Gasteiger partial charge on any atom is -0.492 e. The van der Waals surface area contributed by atoms with Crippen molar-refractivity contribution in [3.8, 4) is 5.75 Å². The van der Waals surface area contributed by atoms with Crippen LogP contribution < -0.4 is 4.74 Å². The first-order valence-electron chi connectivity index (χ1n) is 5.80.